The van der Waals surface area contributed by atoms with Gasteiger partial charge in [-0.3, -0.25) is 4.90 Å². The molecule has 1 aliphatic carbocycles. The minimum Gasteiger partial charge on any atom is -0.387 e. The first-order valence-electron chi connectivity index (χ1n) is 8.16. The summed E-state index contributed by atoms with van der Waals surface area (Å²) in [6, 6.07) is 5.26. The molecule has 3 nitrogen and oxygen atoms in total. The van der Waals surface area contributed by atoms with Crippen LogP contribution in [0.4, 0.5) is 13.2 Å². The largest absolute Gasteiger partial charge is 0.416 e. The maximum Gasteiger partial charge on any atom is 0.416 e. The molecule has 0 aromatic heterocycles. The van der Waals surface area contributed by atoms with Gasteiger partial charge in [-0.2, -0.15) is 13.2 Å². The fourth-order valence-electron chi connectivity index (χ4n) is 3.65. The van der Waals surface area contributed by atoms with Crippen LogP contribution in [0.25, 0.3) is 0 Å². The highest BCUT2D eigenvalue weighted by atomic mass is 19.4. The number of morpholine rings is 1. The molecule has 1 N–H and O–H groups in total. The van der Waals surface area contributed by atoms with Crippen LogP contribution in [0.2, 0.25) is 0 Å². The Labute approximate surface area is 134 Å². The first-order chi connectivity index (χ1) is 10.9. The average Bonchev–Trinajstić information content (AvgIpc) is 2.54. The molecule has 2 fully saturated rings. The van der Waals surface area contributed by atoms with E-state index in [2.05, 4.69) is 4.90 Å². The topological polar surface area (TPSA) is 32.7 Å². The molecule has 0 radical (unpaired) electrons. The van der Waals surface area contributed by atoms with E-state index in [0.29, 0.717) is 18.7 Å². The summed E-state index contributed by atoms with van der Waals surface area (Å²) in [5.41, 5.74) is -0.398. The highest BCUT2D eigenvalue weighted by Gasteiger charge is 2.35. The van der Waals surface area contributed by atoms with Gasteiger partial charge < -0.3 is 9.84 Å². The van der Waals surface area contributed by atoms with E-state index in [-0.39, 0.29) is 12.1 Å². The predicted molar refractivity (Wildman–Crippen MR) is 80.0 cm³/mol. The number of hydrogen-bond acceptors (Lipinski definition) is 3. The summed E-state index contributed by atoms with van der Waals surface area (Å²) in [6.07, 6.45) is -0.750. The highest BCUT2D eigenvalue weighted by molar-refractivity contribution is 5.27. The Bertz CT molecular complexity index is 533. The van der Waals surface area contributed by atoms with Crippen molar-refractivity contribution in [3.8, 4) is 0 Å². The number of fused-ring (bicyclic) bond motifs is 1. The molecule has 1 saturated heterocycles. The van der Waals surface area contributed by atoms with E-state index < -0.39 is 17.8 Å². The van der Waals surface area contributed by atoms with Crippen LogP contribution in [0, 0.1) is 0 Å². The average molecular weight is 329 g/mol. The molecule has 23 heavy (non-hydrogen) atoms. The molecule has 1 aromatic carbocycles. The van der Waals surface area contributed by atoms with Crippen LogP contribution in [0.5, 0.6) is 0 Å². The van der Waals surface area contributed by atoms with Crippen LogP contribution in [0.15, 0.2) is 24.3 Å². The number of aliphatic hydroxyl groups is 1. The van der Waals surface area contributed by atoms with Crippen molar-refractivity contribution < 1.29 is 23.0 Å². The van der Waals surface area contributed by atoms with Crippen LogP contribution in [0.1, 0.15) is 42.9 Å². The molecule has 1 heterocycles. The Morgan fingerprint density at radius 3 is 2.83 bits per heavy atom. The van der Waals surface area contributed by atoms with Gasteiger partial charge in [-0.1, -0.05) is 25.0 Å². The molecule has 3 atom stereocenters. The second-order valence-electron chi connectivity index (χ2n) is 6.40. The van der Waals surface area contributed by atoms with Gasteiger partial charge in [0.05, 0.1) is 24.4 Å². The summed E-state index contributed by atoms with van der Waals surface area (Å²) in [5, 5.41) is 10.4. The zero-order valence-electron chi connectivity index (χ0n) is 12.9. The number of ether oxygens (including phenoxy) is 1. The number of β-amino-alcohol motifs (C(OH)–C–C–N with tert-alkyl or cyclic N) is 1. The van der Waals surface area contributed by atoms with E-state index in [1.165, 1.54) is 6.07 Å². The number of benzene rings is 1. The lowest BCUT2D eigenvalue weighted by Crippen LogP contribution is -2.53. The third kappa shape index (κ3) is 3.87. The highest BCUT2D eigenvalue weighted by Crippen LogP contribution is 2.32. The molecular formula is C17H22F3NO2. The number of hydrogen-bond donors (Lipinski definition) is 1. The lowest BCUT2D eigenvalue weighted by atomic mass is 9.89. The van der Waals surface area contributed by atoms with Crippen molar-refractivity contribution in [2.45, 2.75) is 50.1 Å². The molecule has 128 valence electrons. The fraction of sp³-hybridized carbons (Fsp3) is 0.647. The Balaban J connectivity index is 1.70. The fourth-order valence-corrected chi connectivity index (χ4v) is 3.65. The van der Waals surface area contributed by atoms with Gasteiger partial charge >= 0.3 is 6.18 Å². The molecule has 1 aliphatic heterocycles. The summed E-state index contributed by atoms with van der Waals surface area (Å²) in [6.45, 7) is 1.69. The monoisotopic (exact) mass is 329 g/mol. The normalized spacial score (nSPS) is 27.5. The second kappa shape index (κ2) is 6.79. The maximum atomic E-state index is 12.8. The number of aliphatic hydroxyl groups excluding tert-OH is 1. The number of nitrogens with zero attached hydrogens (tertiary/aromatic N) is 1. The number of alkyl halides is 3. The van der Waals surface area contributed by atoms with Crippen molar-refractivity contribution in [2.75, 3.05) is 19.7 Å². The third-order valence-electron chi connectivity index (χ3n) is 4.85. The van der Waals surface area contributed by atoms with E-state index in [0.717, 1.165) is 44.4 Å². The van der Waals surface area contributed by atoms with E-state index in [1.54, 1.807) is 6.07 Å². The van der Waals surface area contributed by atoms with Crippen LogP contribution < -0.4 is 0 Å². The summed E-state index contributed by atoms with van der Waals surface area (Å²) in [4.78, 5) is 2.18. The van der Waals surface area contributed by atoms with Gasteiger partial charge in [0.25, 0.3) is 0 Å². The van der Waals surface area contributed by atoms with Crippen LogP contribution >= 0.6 is 0 Å². The maximum absolute atomic E-state index is 12.8. The molecule has 0 unspecified atom stereocenters. The Hall–Kier alpha value is -1.11. The van der Waals surface area contributed by atoms with Crippen LogP contribution in [-0.2, 0) is 10.9 Å². The molecule has 1 saturated carbocycles. The molecule has 0 spiro atoms. The van der Waals surface area contributed by atoms with Gasteiger partial charge in [0, 0.05) is 19.1 Å². The van der Waals surface area contributed by atoms with E-state index in [9.17, 15) is 18.3 Å². The predicted octanol–water partition coefficient (Wildman–Crippen LogP) is 3.38. The molecule has 2 aliphatic rings. The zero-order chi connectivity index (χ0) is 16.4. The van der Waals surface area contributed by atoms with Crippen LogP contribution in [-0.4, -0.2) is 41.8 Å². The van der Waals surface area contributed by atoms with E-state index in [4.69, 9.17) is 4.74 Å². The van der Waals surface area contributed by atoms with Gasteiger partial charge in [0.15, 0.2) is 0 Å². The Morgan fingerprint density at radius 2 is 2.04 bits per heavy atom. The van der Waals surface area contributed by atoms with Gasteiger partial charge in [0.2, 0.25) is 0 Å². The minimum atomic E-state index is -4.39. The molecular weight excluding hydrogens is 307 g/mol. The van der Waals surface area contributed by atoms with Crippen molar-refractivity contribution in [2.24, 2.45) is 0 Å². The standard InChI is InChI=1S/C17H22F3NO2/c18-17(19,20)13-5-3-4-12(10-13)15(22)11-21-8-9-23-16-7-2-1-6-14(16)21/h3-5,10,14-16,22H,1-2,6-9,11H2/t14-,15-,16+/m1/s1. The summed E-state index contributed by atoms with van der Waals surface area (Å²) in [5.74, 6) is 0. The van der Waals surface area contributed by atoms with Crippen LogP contribution in [0.3, 0.4) is 0 Å². The van der Waals surface area contributed by atoms with Crippen molar-refractivity contribution in [1.29, 1.82) is 0 Å². The number of halogens is 3. The van der Waals surface area contributed by atoms with E-state index >= 15 is 0 Å². The smallest absolute Gasteiger partial charge is 0.387 e. The zero-order valence-corrected chi connectivity index (χ0v) is 12.9. The first-order valence-corrected chi connectivity index (χ1v) is 8.16. The van der Waals surface area contributed by atoms with Gasteiger partial charge in [-0.15, -0.1) is 0 Å². The Morgan fingerprint density at radius 1 is 1.26 bits per heavy atom. The molecule has 3 rings (SSSR count). The lowest BCUT2D eigenvalue weighted by Gasteiger charge is -2.44. The number of rotatable bonds is 3. The third-order valence-corrected chi connectivity index (χ3v) is 4.85. The van der Waals surface area contributed by atoms with Gasteiger partial charge in [-0.05, 0) is 30.5 Å². The van der Waals surface area contributed by atoms with Crippen molar-refractivity contribution >= 4 is 0 Å². The van der Waals surface area contributed by atoms with Gasteiger partial charge in [-0.25, -0.2) is 0 Å². The molecule has 6 heteroatoms. The first kappa shape index (κ1) is 16.7. The van der Waals surface area contributed by atoms with Crippen molar-refractivity contribution in [3.63, 3.8) is 0 Å². The van der Waals surface area contributed by atoms with Crippen molar-refractivity contribution in [3.05, 3.63) is 35.4 Å². The van der Waals surface area contributed by atoms with Gasteiger partial charge in [0.1, 0.15) is 0 Å². The molecule has 0 bridgehead atoms. The Kier molecular flexibility index (Phi) is 4.94. The summed E-state index contributed by atoms with van der Waals surface area (Å²) in [7, 11) is 0. The quantitative estimate of drug-likeness (QED) is 0.923. The van der Waals surface area contributed by atoms with E-state index in [1.807, 2.05) is 0 Å². The molecule has 0 amide bonds. The lowest BCUT2D eigenvalue weighted by molar-refractivity contribution is -0.137. The van der Waals surface area contributed by atoms with Crippen molar-refractivity contribution in [1.82, 2.24) is 4.90 Å². The summed E-state index contributed by atoms with van der Waals surface area (Å²) < 4.78 is 44.2. The minimum absolute atomic E-state index is 0.200. The summed E-state index contributed by atoms with van der Waals surface area (Å²) >= 11 is 0. The molecule has 1 aromatic rings. The second-order valence-corrected chi connectivity index (χ2v) is 6.40. The SMILES string of the molecule is O[C@H](CN1CCO[C@H]2CCCC[C@H]21)c1cccc(C(F)(F)F)c1.